The molecule has 0 unspecified atom stereocenters. The third-order valence-electron chi connectivity index (χ3n) is 3.27. The Labute approximate surface area is 121 Å². The average Bonchev–Trinajstić information content (AvgIpc) is 2.45. The maximum absolute atomic E-state index is 5.93. The fourth-order valence-corrected chi connectivity index (χ4v) is 2.21. The standard InChI is InChI=1S/C17H22N2O/c1-4-19(14-8-6-13(3)7-9-14)15-10-11-16(18)17(12-15)20-5-2/h6-12H,4-5,18H2,1-3H3. The highest BCUT2D eigenvalue weighted by molar-refractivity contribution is 5.69. The number of nitrogen functional groups attached to an aromatic ring is 1. The van der Waals surface area contributed by atoms with E-state index in [-0.39, 0.29) is 0 Å². The summed E-state index contributed by atoms with van der Waals surface area (Å²) in [6.45, 7) is 7.69. The summed E-state index contributed by atoms with van der Waals surface area (Å²) in [7, 11) is 0. The van der Waals surface area contributed by atoms with Crippen molar-refractivity contribution in [2.24, 2.45) is 0 Å². The fourth-order valence-electron chi connectivity index (χ4n) is 2.21. The molecule has 3 heteroatoms. The zero-order valence-electron chi connectivity index (χ0n) is 12.4. The average molecular weight is 270 g/mol. The second-order valence-electron chi connectivity index (χ2n) is 4.73. The molecule has 20 heavy (non-hydrogen) atoms. The first-order valence-corrected chi connectivity index (χ1v) is 7.02. The number of benzene rings is 2. The van der Waals surface area contributed by atoms with Crippen molar-refractivity contribution in [3.05, 3.63) is 48.0 Å². The van der Waals surface area contributed by atoms with Gasteiger partial charge in [-0.3, -0.25) is 0 Å². The Morgan fingerprint density at radius 2 is 1.65 bits per heavy atom. The van der Waals surface area contributed by atoms with Gasteiger partial charge in [-0.2, -0.15) is 0 Å². The maximum atomic E-state index is 5.93. The highest BCUT2D eigenvalue weighted by Crippen LogP contribution is 2.31. The van der Waals surface area contributed by atoms with Crippen LogP contribution in [0.2, 0.25) is 0 Å². The SMILES string of the molecule is CCOc1cc(N(CC)c2ccc(C)cc2)ccc1N. The van der Waals surface area contributed by atoms with Crippen molar-refractivity contribution >= 4 is 17.1 Å². The molecule has 0 amide bonds. The number of nitrogens with two attached hydrogens (primary N) is 1. The van der Waals surface area contributed by atoms with E-state index in [9.17, 15) is 0 Å². The van der Waals surface area contributed by atoms with Crippen LogP contribution in [-0.4, -0.2) is 13.2 Å². The molecular formula is C17H22N2O. The Morgan fingerprint density at radius 3 is 2.25 bits per heavy atom. The van der Waals surface area contributed by atoms with E-state index in [0.717, 1.165) is 18.0 Å². The van der Waals surface area contributed by atoms with Crippen molar-refractivity contribution in [1.82, 2.24) is 0 Å². The highest BCUT2D eigenvalue weighted by atomic mass is 16.5. The van der Waals surface area contributed by atoms with E-state index in [1.807, 2.05) is 25.1 Å². The van der Waals surface area contributed by atoms with Gasteiger partial charge in [-0.25, -0.2) is 0 Å². The minimum Gasteiger partial charge on any atom is -0.492 e. The lowest BCUT2D eigenvalue weighted by atomic mass is 10.2. The van der Waals surface area contributed by atoms with E-state index in [1.54, 1.807) is 0 Å². The molecule has 0 aliphatic heterocycles. The molecule has 0 atom stereocenters. The van der Waals surface area contributed by atoms with Gasteiger partial charge in [-0.05, 0) is 45.0 Å². The van der Waals surface area contributed by atoms with Crippen molar-refractivity contribution in [2.75, 3.05) is 23.8 Å². The van der Waals surface area contributed by atoms with Crippen molar-refractivity contribution in [3.8, 4) is 5.75 Å². The molecule has 0 aliphatic carbocycles. The second-order valence-corrected chi connectivity index (χ2v) is 4.73. The zero-order chi connectivity index (χ0) is 14.5. The van der Waals surface area contributed by atoms with Crippen molar-refractivity contribution in [3.63, 3.8) is 0 Å². The molecule has 0 spiro atoms. The number of rotatable bonds is 5. The van der Waals surface area contributed by atoms with Gasteiger partial charge in [0.2, 0.25) is 0 Å². The van der Waals surface area contributed by atoms with Gasteiger partial charge in [0.15, 0.2) is 0 Å². The van der Waals surface area contributed by atoms with E-state index in [0.29, 0.717) is 12.3 Å². The molecule has 0 aliphatic rings. The summed E-state index contributed by atoms with van der Waals surface area (Å²) in [6.07, 6.45) is 0. The molecule has 2 aromatic rings. The predicted octanol–water partition coefficient (Wildman–Crippen LogP) is 4.13. The van der Waals surface area contributed by atoms with Crippen LogP contribution < -0.4 is 15.4 Å². The largest absolute Gasteiger partial charge is 0.492 e. The Balaban J connectivity index is 2.36. The number of aryl methyl sites for hydroxylation is 1. The summed E-state index contributed by atoms with van der Waals surface area (Å²) in [4.78, 5) is 2.24. The Kier molecular flexibility index (Phi) is 4.51. The molecule has 0 saturated carbocycles. The predicted molar refractivity (Wildman–Crippen MR) is 85.9 cm³/mol. The summed E-state index contributed by atoms with van der Waals surface area (Å²) >= 11 is 0. The van der Waals surface area contributed by atoms with E-state index >= 15 is 0 Å². The van der Waals surface area contributed by atoms with Gasteiger partial charge in [0.1, 0.15) is 5.75 Å². The number of nitrogens with zero attached hydrogens (tertiary/aromatic N) is 1. The summed E-state index contributed by atoms with van der Waals surface area (Å²) in [5, 5.41) is 0. The van der Waals surface area contributed by atoms with Crippen LogP contribution in [0, 0.1) is 6.92 Å². The van der Waals surface area contributed by atoms with Crippen LogP contribution in [0.25, 0.3) is 0 Å². The summed E-state index contributed by atoms with van der Waals surface area (Å²) in [5.74, 6) is 0.746. The second kappa shape index (κ2) is 6.33. The lowest BCUT2D eigenvalue weighted by Crippen LogP contribution is -2.16. The molecule has 0 fully saturated rings. The van der Waals surface area contributed by atoms with Gasteiger partial charge in [0, 0.05) is 24.0 Å². The van der Waals surface area contributed by atoms with Crippen molar-refractivity contribution in [1.29, 1.82) is 0 Å². The zero-order valence-corrected chi connectivity index (χ0v) is 12.4. The molecule has 2 aromatic carbocycles. The van der Waals surface area contributed by atoms with Crippen LogP contribution in [0.5, 0.6) is 5.75 Å². The van der Waals surface area contributed by atoms with Crippen LogP contribution >= 0.6 is 0 Å². The van der Waals surface area contributed by atoms with Gasteiger partial charge < -0.3 is 15.4 Å². The Bertz CT molecular complexity index is 564. The molecule has 0 bridgehead atoms. The van der Waals surface area contributed by atoms with Crippen molar-refractivity contribution < 1.29 is 4.74 Å². The first-order valence-electron chi connectivity index (χ1n) is 7.02. The van der Waals surface area contributed by atoms with E-state index in [1.165, 1.54) is 11.3 Å². The first kappa shape index (κ1) is 14.3. The number of ether oxygens (including phenoxy) is 1. The molecule has 0 aromatic heterocycles. The van der Waals surface area contributed by atoms with Gasteiger partial charge in [0.25, 0.3) is 0 Å². The molecule has 2 N–H and O–H groups in total. The summed E-state index contributed by atoms with van der Waals surface area (Å²) in [5.41, 5.74) is 10.1. The van der Waals surface area contributed by atoms with E-state index in [2.05, 4.69) is 43.0 Å². The van der Waals surface area contributed by atoms with Crippen LogP contribution in [0.15, 0.2) is 42.5 Å². The lowest BCUT2D eigenvalue weighted by molar-refractivity contribution is 0.342. The van der Waals surface area contributed by atoms with Crippen LogP contribution in [-0.2, 0) is 0 Å². The van der Waals surface area contributed by atoms with Gasteiger partial charge in [-0.1, -0.05) is 17.7 Å². The van der Waals surface area contributed by atoms with E-state index < -0.39 is 0 Å². The summed E-state index contributed by atoms with van der Waals surface area (Å²) < 4.78 is 5.58. The van der Waals surface area contributed by atoms with Crippen LogP contribution in [0.4, 0.5) is 17.1 Å². The Hall–Kier alpha value is -2.16. The molecule has 0 radical (unpaired) electrons. The quantitative estimate of drug-likeness (QED) is 0.830. The number of anilines is 3. The molecule has 2 rings (SSSR count). The monoisotopic (exact) mass is 270 g/mol. The van der Waals surface area contributed by atoms with Crippen LogP contribution in [0.3, 0.4) is 0 Å². The molecule has 106 valence electrons. The maximum Gasteiger partial charge on any atom is 0.144 e. The lowest BCUT2D eigenvalue weighted by Gasteiger charge is -2.24. The summed E-state index contributed by atoms with van der Waals surface area (Å²) in [6, 6.07) is 14.4. The fraction of sp³-hybridized carbons (Fsp3) is 0.294. The third kappa shape index (κ3) is 3.05. The van der Waals surface area contributed by atoms with Gasteiger partial charge in [0.05, 0.1) is 12.3 Å². The van der Waals surface area contributed by atoms with Gasteiger partial charge >= 0.3 is 0 Å². The normalized spacial score (nSPS) is 10.3. The molecule has 0 heterocycles. The minimum atomic E-state index is 0.615. The van der Waals surface area contributed by atoms with Gasteiger partial charge in [-0.15, -0.1) is 0 Å². The Morgan fingerprint density at radius 1 is 1.00 bits per heavy atom. The third-order valence-corrected chi connectivity index (χ3v) is 3.27. The number of hydrogen-bond acceptors (Lipinski definition) is 3. The van der Waals surface area contributed by atoms with E-state index in [4.69, 9.17) is 10.5 Å². The topological polar surface area (TPSA) is 38.5 Å². The minimum absolute atomic E-state index is 0.615. The van der Waals surface area contributed by atoms with Crippen LogP contribution in [0.1, 0.15) is 19.4 Å². The van der Waals surface area contributed by atoms with Crippen molar-refractivity contribution in [2.45, 2.75) is 20.8 Å². The highest BCUT2D eigenvalue weighted by Gasteiger charge is 2.10. The number of hydrogen-bond donors (Lipinski definition) is 1. The first-order chi connectivity index (χ1) is 9.65. The molecule has 0 saturated heterocycles. The molecule has 3 nitrogen and oxygen atoms in total. The molecular weight excluding hydrogens is 248 g/mol. The smallest absolute Gasteiger partial charge is 0.144 e.